The van der Waals surface area contributed by atoms with Crippen LogP contribution in [0.2, 0.25) is 0 Å². The van der Waals surface area contributed by atoms with E-state index in [1.54, 1.807) is 18.3 Å². The van der Waals surface area contributed by atoms with Gasteiger partial charge in [-0.3, -0.25) is 0 Å². The summed E-state index contributed by atoms with van der Waals surface area (Å²) in [5, 5.41) is 9.54. The normalized spacial score (nSPS) is 10.1. The van der Waals surface area contributed by atoms with Crippen LogP contribution >= 0.6 is 15.9 Å². The van der Waals surface area contributed by atoms with Crippen molar-refractivity contribution in [3.05, 3.63) is 33.9 Å². The summed E-state index contributed by atoms with van der Waals surface area (Å²) in [4.78, 5) is 14.5. The highest BCUT2D eigenvalue weighted by atomic mass is 79.9. The Morgan fingerprint density at radius 3 is 2.94 bits per heavy atom. The highest BCUT2D eigenvalue weighted by molar-refractivity contribution is 9.10. The van der Waals surface area contributed by atoms with Crippen LogP contribution in [0.5, 0.6) is 0 Å². The first-order valence-corrected chi connectivity index (χ1v) is 5.26. The van der Waals surface area contributed by atoms with Crippen molar-refractivity contribution < 1.29 is 9.53 Å². The molecule has 2 aromatic rings. The van der Waals surface area contributed by atoms with Gasteiger partial charge in [0.05, 0.1) is 23.8 Å². The number of nitrogens with one attached hydrogen (secondary N) is 1. The minimum Gasteiger partial charge on any atom is -0.465 e. The van der Waals surface area contributed by atoms with E-state index in [2.05, 4.69) is 25.7 Å². The van der Waals surface area contributed by atoms with Gasteiger partial charge in [0.1, 0.15) is 6.07 Å². The third-order valence-electron chi connectivity index (χ3n) is 2.31. The number of nitriles is 1. The van der Waals surface area contributed by atoms with Crippen LogP contribution in [0.3, 0.4) is 0 Å². The predicted octanol–water partition coefficient (Wildman–Crippen LogP) is 2.59. The SMILES string of the molecule is COC(=O)c1ccc(Br)c2[nH]cc(C#N)c12. The number of aromatic amines is 1. The third-order valence-corrected chi connectivity index (χ3v) is 2.97. The second kappa shape index (κ2) is 3.99. The Kier molecular flexibility index (Phi) is 2.67. The van der Waals surface area contributed by atoms with E-state index in [-0.39, 0.29) is 0 Å². The van der Waals surface area contributed by atoms with E-state index in [4.69, 9.17) is 5.26 Å². The fourth-order valence-corrected chi connectivity index (χ4v) is 2.03. The number of methoxy groups -OCH3 is 1. The lowest BCUT2D eigenvalue weighted by Crippen LogP contribution is -2.02. The number of benzene rings is 1. The van der Waals surface area contributed by atoms with Crippen LogP contribution in [0, 0.1) is 11.3 Å². The second-order valence-corrected chi connectivity index (χ2v) is 4.01. The van der Waals surface area contributed by atoms with Gasteiger partial charge in [-0.1, -0.05) is 0 Å². The Bertz CT molecular complexity index is 610. The zero-order valence-corrected chi connectivity index (χ0v) is 9.96. The van der Waals surface area contributed by atoms with Crippen molar-refractivity contribution in [1.29, 1.82) is 5.26 Å². The fourth-order valence-electron chi connectivity index (χ4n) is 1.58. The number of esters is 1. The number of carbonyl (C=O) groups excluding carboxylic acids is 1. The Balaban J connectivity index is 2.85. The summed E-state index contributed by atoms with van der Waals surface area (Å²) in [5.41, 5.74) is 1.54. The van der Waals surface area contributed by atoms with E-state index in [1.165, 1.54) is 7.11 Å². The lowest BCUT2D eigenvalue weighted by molar-refractivity contribution is 0.0603. The largest absolute Gasteiger partial charge is 0.465 e. The molecule has 1 N–H and O–H groups in total. The first-order chi connectivity index (χ1) is 7.69. The number of H-pyrrole nitrogens is 1. The zero-order valence-electron chi connectivity index (χ0n) is 8.37. The molecule has 0 aliphatic carbocycles. The Hall–Kier alpha value is -1.80. The van der Waals surface area contributed by atoms with E-state index < -0.39 is 5.97 Å². The zero-order chi connectivity index (χ0) is 11.7. The van der Waals surface area contributed by atoms with E-state index in [0.717, 1.165) is 9.99 Å². The minimum absolute atomic E-state index is 0.388. The molecule has 0 unspecified atom stereocenters. The molecule has 0 radical (unpaired) electrons. The number of ether oxygens (including phenoxy) is 1. The maximum atomic E-state index is 11.5. The minimum atomic E-state index is -0.450. The van der Waals surface area contributed by atoms with Gasteiger partial charge in [-0.2, -0.15) is 5.26 Å². The number of aromatic nitrogens is 1. The molecule has 16 heavy (non-hydrogen) atoms. The van der Waals surface area contributed by atoms with Crippen LogP contribution in [-0.2, 0) is 4.74 Å². The number of rotatable bonds is 1. The number of carbonyl (C=O) groups is 1. The average Bonchev–Trinajstić information content (AvgIpc) is 2.73. The summed E-state index contributed by atoms with van der Waals surface area (Å²) in [7, 11) is 1.31. The van der Waals surface area contributed by atoms with Crippen LogP contribution in [0.4, 0.5) is 0 Å². The quantitative estimate of drug-likeness (QED) is 0.816. The van der Waals surface area contributed by atoms with E-state index in [1.807, 2.05) is 6.07 Å². The Morgan fingerprint density at radius 2 is 2.31 bits per heavy atom. The maximum Gasteiger partial charge on any atom is 0.338 e. The topological polar surface area (TPSA) is 65.9 Å². The molecule has 0 amide bonds. The summed E-state index contributed by atoms with van der Waals surface area (Å²) in [5.74, 6) is -0.450. The molecule has 4 nitrogen and oxygen atoms in total. The smallest absolute Gasteiger partial charge is 0.338 e. The highest BCUT2D eigenvalue weighted by Gasteiger charge is 2.16. The van der Waals surface area contributed by atoms with Gasteiger partial charge in [-0.25, -0.2) is 4.79 Å². The fraction of sp³-hybridized carbons (Fsp3) is 0.0909. The summed E-state index contributed by atoms with van der Waals surface area (Å²) in [6.45, 7) is 0. The third kappa shape index (κ3) is 1.48. The van der Waals surface area contributed by atoms with Crippen LogP contribution in [0.15, 0.2) is 22.8 Å². The van der Waals surface area contributed by atoms with Crippen molar-refractivity contribution in [1.82, 2.24) is 4.98 Å². The van der Waals surface area contributed by atoms with Crippen LogP contribution < -0.4 is 0 Å². The highest BCUT2D eigenvalue weighted by Crippen LogP contribution is 2.29. The number of nitrogens with zero attached hydrogens (tertiary/aromatic N) is 1. The molecular formula is C11H7BrN2O2. The molecule has 0 aliphatic rings. The van der Waals surface area contributed by atoms with Gasteiger partial charge in [0, 0.05) is 16.1 Å². The van der Waals surface area contributed by atoms with Crippen molar-refractivity contribution in [2.24, 2.45) is 0 Å². The second-order valence-electron chi connectivity index (χ2n) is 3.15. The molecule has 1 aromatic heterocycles. The van der Waals surface area contributed by atoms with Crippen LogP contribution in [0.1, 0.15) is 15.9 Å². The molecule has 1 aromatic carbocycles. The maximum absolute atomic E-state index is 11.5. The predicted molar refractivity (Wildman–Crippen MR) is 62.1 cm³/mol. The van der Waals surface area contributed by atoms with Gasteiger partial charge in [0.15, 0.2) is 0 Å². The monoisotopic (exact) mass is 278 g/mol. The molecule has 0 fully saturated rings. The molecule has 2 rings (SSSR count). The lowest BCUT2D eigenvalue weighted by atomic mass is 10.1. The van der Waals surface area contributed by atoms with Crippen molar-refractivity contribution in [3.8, 4) is 6.07 Å². The summed E-state index contributed by atoms with van der Waals surface area (Å²) in [6, 6.07) is 5.41. The van der Waals surface area contributed by atoms with Gasteiger partial charge in [-0.15, -0.1) is 0 Å². The molecule has 0 saturated heterocycles. The van der Waals surface area contributed by atoms with Crippen LogP contribution in [-0.4, -0.2) is 18.1 Å². The molecule has 1 heterocycles. The molecule has 0 saturated carbocycles. The van der Waals surface area contributed by atoms with E-state index >= 15 is 0 Å². The van der Waals surface area contributed by atoms with Gasteiger partial charge < -0.3 is 9.72 Å². The standard InChI is InChI=1S/C11H7BrN2O2/c1-16-11(15)7-2-3-8(12)10-9(7)6(4-13)5-14-10/h2-3,5,14H,1H3. The molecule has 5 heteroatoms. The van der Waals surface area contributed by atoms with Gasteiger partial charge in [0.2, 0.25) is 0 Å². The number of halogens is 1. The molecule has 0 spiro atoms. The summed E-state index contributed by atoms with van der Waals surface area (Å²) < 4.78 is 5.48. The number of fused-ring (bicyclic) bond motifs is 1. The van der Waals surface area contributed by atoms with Crippen molar-refractivity contribution in [3.63, 3.8) is 0 Å². The van der Waals surface area contributed by atoms with Gasteiger partial charge >= 0.3 is 5.97 Å². The van der Waals surface area contributed by atoms with E-state index in [0.29, 0.717) is 16.5 Å². The molecule has 0 bridgehead atoms. The first-order valence-electron chi connectivity index (χ1n) is 4.47. The summed E-state index contributed by atoms with van der Waals surface area (Å²) in [6.07, 6.45) is 1.57. The molecule has 0 aliphatic heterocycles. The average molecular weight is 279 g/mol. The summed E-state index contributed by atoms with van der Waals surface area (Å²) >= 11 is 3.35. The van der Waals surface area contributed by atoms with Crippen molar-refractivity contribution in [2.75, 3.05) is 7.11 Å². The molecular weight excluding hydrogens is 272 g/mol. The molecule has 0 atom stereocenters. The lowest BCUT2D eigenvalue weighted by Gasteiger charge is -2.02. The Labute approximate surface area is 100.0 Å². The first kappa shape index (κ1) is 10.7. The van der Waals surface area contributed by atoms with E-state index in [9.17, 15) is 4.79 Å². The van der Waals surface area contributed by atoms with Gasteiger partial charge in [0.25, 0.3) is 0 Å². The number of hydrogen-bond acceptors (Lipinski definition) is 3. The van der Waals surface area contributed by atoms with Crippen LogP contribution in [0.25, 0.3) is 10.9 Å². The Morgan fingerprint density at radius 1 is 1.56 bits per heavy atom. The molecule has 80 valence electrons. The number of hydrogen-bond donors (Lipinski definition) is 1. The van der Waals surface area contributed by atoms with Crippen molar-refractivity contribution >= 4 is 32.8 Å². The van der Waals surface area contributed by atoms with Gasteiger partial charge in [-0.05, 0) is 28.1 Å². The van der Waals surface area contributed by atoms with Crippen molar-refractivity contribution in [2.45, 2.75) is 0 Å².